The van der Waals surface area contributed by atoms with Crippen molar-refractivity contribution < 1.29 is 4.79 Å². The van der Waals surface area contributed by atoms with E-state index >= 15 is 0 Å². The molecule has 3 heterocycles. The summed E-state index contributed by atoms with van der Waals surface area (Å²) in [4.78, 5) is 29.7. The van der Waals surface area contributed by atoms with E-state index in [1.807, 2.05) is 18.0 Å². The average Bonchev–Trinajstić information content (AvgIpc) is 3.06. The van der Waals surface area contributed by atoms with Gasteiger partial charge in [-0.05, 0) is 39.0 Å². The molecule has 2 aromatic rings. The maximum atomic E-state index is 12.8. The molecule has 1 aliphatic heterocycles. The molecule has 0 unspecified atom stereocenters. The molecular formula is C22H33N5OS. The molecule has 1 fully saturated rings. The van der Waals surface area contributed by atoms with E-state index in [0.717, 1.165) is 53.2 Å². The Hall–Kier alpha value is -2.02. The molecule has 1 atom stereocenters. The zero-order chi connectivity index (χ0) is 21.2. The van der Waals surface area contributed by atoms with Gasteiger partial charge in [-0.1, -0.05) is 20.8 Å². The van der Waals surface area contributed by atoms with Crippen molar-refractivity contribution in [2.75, 3.05) is 18.4 Å². The molecule has 2 aromatic heterocycles. The molecule has 0 bridgehead atoms. The topological polar surface area (TPSA) is 71.0 Å². The van der Waals surface area contributed by atoms with Crippen molar-refractivity contribution in [2.45, 2.75) is 72.8 Å². The van der Waals surface area contributed by atoms with Gasteiger partial charge >= 0.3 is 0 Å². The van der Waals surface area contributed by atoms with Gasteiger partial charge in [0.15, 0.2) is 5.82 Å². The van der Waals surface area contributed by atoms with Crippen molar-refractivity contribution in [3.8, 4) is 10.7 Å². The Morgan fingerprint density at radius 3 is 2.72 bits per heavy atom. The van der Waals surface area contributed by atoms with Crippen molar-refractivity contribution in [3.63, 3.8) is 0 Å². The Labute approximate surface area is 178 Å². The Morgan fingerprint density at radius 1 is 1.34 bits per heavy atom. The fraction of sp³-hybridized carbons (Fsp3) is 0.636. The molecule has 0 spiro atoms. The summed E-state index contributed by atoms with van der Waals surface area (Å²) < 4.78 is 0. The predicted molar refractivity (Wildman–Crippen MR) is 119 cm³/mol. The van der Waals surface area contributed by atoms with Gasteiger partial charge < -0.3 is 10.2 Å². The SMILES string of the molecule is Cc1ncc(-c2nc(NC(C)C)cc([C@@H]3CCCN(C(=O)CC(C)(C)C)C3)n2)s1. The minimum absolute atomic E-state index is 0.00446. The largest absolute Gasteiger partial charge is 0.368 e. The second kappa shape index (κ2) is 8.78. The van der Waals surface area contributed by atoms with Crippen LogP contribution >= 0.6 is 11.3 Å². The molecule has 7 heteroatoms. The van der Waals surface area contributed by atoms with E-state index in [-0.39, 0.29) is 23.3 Å². The predicted octanol–water partition coefficient (Wildman–Crippen LogP) is 4.87. The van der Waals surface area contributed by atoms with Crippen LogP contribution in [0.1, 0.15) is 70.5 Å². The molecule has 0 aliphatic carbocycles. The molecule has 1 N–H and O–H groups in total. The van der Waals surface area contributed by atoms with Gasteiger partial charge in [-0.25, -0.2) is 15.0 Å². The van der Waals surface area contributed by atoms with Crippen LogP contribution in [0.2, 0.25) is 0 Å². The van der Waals surface area contributed by atoms with Crippen LogP contribution in [0.15, 0.2) is 12.3 Å². The number of hydrogen-bond donors (Lipinski definition) is 1. The van der Waals surface area contributed by atoms with Crippen LogP contribution in [0.3, 0.4) is 0 Å². The van der Waals surface area contributed by atoms with Gasteiger partial charge in [-0.15, -0.1) is 11.3 Å². The second-order valence-corrected chi connectivity index (χ2v) is 10.7. The lowest BCUT2D eigenvalue weighted by Crippen LogP contribution is -2.40. The van der Waals surface area contributed by atoms with Crippen LogP contribution < -0.4 is 5.32 Å². The van der Waals surface area contributed by atoms with Gasteiger partial charge in [-0.2, -0.15) is 0 Å². The highest BCUT2D eigenvalue weighted by Gasteiger charge is 2.28. The van der Waals surface area contributed by atoms with Crippen LogP contribution in [0.5, 0.6) is 0 Å². The molecule has 0 aromatic carbocycles. The number of aromatic nitrogens is 3. The minimum Gasteiger partial charge on any atom is -0.368 e. The number of nitrogens with one attached hydrogen (secondary N) is 1. The Morgan fingerprint density at radius 2 is 2.10 bits per heavy atom. The lowest BCUT2D eigenvalue weighted by molar-refractivity contribution is -0.134. The van der Waals surface area contributed by atoms with Gasteiger partial charge in [0, 0.05) is 43.7 Å². The molecule has 1 saturated heterocycles. The Bertz CT molecular complexity index is 855. The van der Waals surface area contributed by atoms with E-state index in [1.165, 1.54) is 0 Å². The van der Waals surface area contributed by atoms with Crippen molar-refractivity contribution >= 4 is 23.1 Å². The summed E-state index contributed by atoms with van der Waals surface area (Å²) in [5.74, 6) is 2.03. The first-order valence-electron chi connectivity index (χ1n) is 10.5. The first-order chi connectivity index (χ1) is 13.6. The summed E-state index contributed by atoms with van der Waals surface area (Å²) >= 11 is 1.61. The van der Waals surface area contributed by atoms with Crippen molar-refractivity contribution in [3.05, 3.63) is 23.0 Å². The lowest BCUT2D eigenvalue weighted by Gasteiger charge is -2.34. The molecule has 1 aliphatic rings. The third kappa shape index (κ3) is 5.98. The maximum Gasteiger partial charge on any atom is 0.223 e. The fourth-order valence-electron chi connectivity index (χ4n) is 3.63. The molecule has 6 nitrogen and oxygen atoms in total. The second-order valence-electron chi connectivity index (χ2n) is 9.46. The highest BCUT2D eigenvalue weighted by atomic mass is 32.1. The number of carbonyl (C=O) groups is 1. The number of nitrogens with zero attached hydrogens (tertiary/aromatic N) is 4. The number of anilines is 1. The Kier molecular flexibility index (Phi) is 6.56. The first kappa shape index (κ1) is 21.7. The molecule has 0 radical (unpaired) electrons. The first-order valence-corrected chi connectivity index (χ1v) is 11.3. The molecule has 29 heavy (non-hydrogen) atoms. The van der Waals surface area contributed by atoms with E-state index in [0.29, 0.717) is 6.42 Å². The Balaban J connectivity index is 1.87. The van der Waals surface area contributed by atoms with Crippen molar-refractivity contribution in [1.29, 1.82) is 0 Å². The number of aryl methyl sites for hydroxylation is 1. The summed E-state index contributed by atoms with van der Waals surface area (Å²) in [6.45, 7) is 14.1. The smallest absolute Gasteiger partial charge is 0.223 e. The summed E-state index contributed by atoms with van der Waals surface area (Å²) in [6.07, 6.45) is 4.47. The van der Waals surface area contributed by atoms with E-state index in [1.54, 1.807) is 11.3 Å². The number of likely N-dealkylation sites (tertiary alicyclic amines) is 1. The summed E-state index contributed by atoms with van der Waals surface area (Å²) in [5, 5.41) is 4.42. The van der Waals surface area contributed by atoms with E-state index in [2.05, 4.69) is 51.0 Å². The van der Waals surface area contributed by atoms with E-state index in [9.17, 15) is 4.79 Å². The quantitative estimate of drug-likeness (QED) is 0.754. The normalized spacial score (nSPS) is 17.6. The van der Waals surface area contributed by atoms with Crippen LogP contribution in [-0.4, -0.2) is 44.9 Å². The number of rotatable bonds is 5. The highest BCUT2D eigenvalue weighted by molar-refractivity contribution is 7.14. The van der Waals surface area contributed by atoms with Gasteiger partial charge in [-0.3, -0.25) is 4.79 Å². The fourth-order valence-corrected chi connectivity index (χ4v) is 4.34. The van der Waals surface area contributed by atoms with Crippen LogP contribution in [0.25, 0.3) is 10.7 Å². The van der Waals surface area contributed by atoms with Crippen LogP contribution in [0.4, 0.5) is 5.82 Å². The number of piperidine rings is 1. The van der Waals surface area contributed by atoms with Gasteiger partial charge in [0.25, 0.3) is 0 Å². The monoisotopic (exact) mass is 415 g/mol. The van der Waals surface area contributed by atoms with E-state index in [4.69, 9.17) is 9.97 Å². The van der Waals surface area contributed by atoms with Gasteiger partial charge in [0.1, 0.15) is 5.82 Å². The summed E-state index contributed by atoms with van der Waals surface area (Å²) in [7, 11) is 0. The zero-order valence-electron chi connectivity index (χ0n) is 18.5. The maximum absolute atomic E-state index is 12.8. The van der Waals surface area contributed by atoms with Gasteiger partial charge in [0.05, 0.1) is 15.6 Å². The molecule has 158 valence electrons. The van der Waals surface area contributed by atoms with Gasteiger partial charge in [0.2, 0.25) is 5.91 Å². The standard InChI is InChI=1S/C22H33N5OS/c1-14(2)24-19-10-17(25-21(26-19)18-12-23-15(3)29-18)16-8-7-9-27(13-16)20(28)11-22(4,5)6/h10,12,14,16H,7-9,11,13H2,1-6H3,(H,24,25,26)/t16-/m1/s1. The third-order valence-corrected chi connectivity index (χ3v) is 5.81. The minimum atomic E-state index is 0.00446. The molecular weight excluding hydrogens is 382 g/mol. The summed E-state index contributed by atoms with van der Waals surface area (Å²) in [5.41, 5.74) is 1.02. The third-order valence-electron chi connectivity index (χ3n) is 4.90. The number of hydrogen-bond acceptors (Lipinski definition) is 6. The number of amides is 1. The van der Waals surface area contributed by atoms with Crippen molar-refractivity contribution in [1.82, 2.24) is 19.9 Å². The highest BCUT2D eigenvalue weighted by Crippen LogP contribution is 2.31. The van der Waals surface area contributed by atoms with Crippen LogP contribution in [-0.2, 0) is 4.79 Å². The number of carbonyl (C=O) groups excluding carboxylic acids is 1. The molecule has 3 rings (SSSR count). The lowest BCUT2D eigenvalue weighted by atomic mass is 9.89. The summed E-state index contributed by atoms with van der Waals surface area (Å²) in [6, 6.07) is 2.34. The molecule has 0 saturated carbocycles. The van der Waals surface area contributed by atoms with E-state index < -0.39 is 0 Å². The van der Waals surface area contributed by atoms with Crippen molar-refractivity contribution in [2.24, 2.45) is 5.41 Å². The van der Waals surface area contributed by atoms with Crippen LogP contribution in [0, 0.1) is 12.3 Å². The number of thiazole rings is 1. The average molecular weight is 416 g/mol. The zero-order valence-corrected chi connectivity index (χ0v) is 19.3. The molecule has 1 amide bonds.